The first-order valence-corrected chi connectivity index (χ1v) is 14.9. The van der Waals surface area contributed by atoms with E-state index in [0.717, 1.165) is 12.0 Å². The molecule has 0 saturated carbocycles. The van der Waals surface area contributed by atoms with E-state index in [1.807, 2.05) is 0 Å². The Balaban J connectivity index is 1.24. The smallest absolute Gasteiger partial charge is 0.00264 e. The van der Waals surface area contributed by atoms with Gasteiger partial charge in [0.1, 0.15) is 0 Å². The fourth-order valence-electron chi connectivity index (χ4n) is 6.82. The van der Waals surface area contributed by atoms with Gasteiger partial charge in [-0.25, -0.2) is 0 Å². The van der Waals surface area contributed by atoms with Crippen LogP contribution in [-0.4, -0.2) is 0 Å². The Hall–Kier alpha value is -5.46. The standard InChI is InChI=1S/C43H30/c1-29(42-28-32-16-4-5-17-34(32)35-18-6-7-21-39(35)42)13-12-24-36-37-19-8-10-22-40(37)43(41-23-11-9-20-38(36)41)33-26-25-30-14-2-3-15-31(30)27-33/h2-23,25-28H,1,24H2/b13-12-. The van der Waals surface area contributed by atoms with Gasteiger partial charge in [0.25, 0.3) is 0 Å². The highest BCUT2D eigenvalue weighted by atomic mass is 14.2. The maximum atomic E-state index is 4.53. The normalized spacial score (nSPS) is 11.8. The average molecular weight is 547 g/mol. The van der Waals surface area contributed by atoms with E-state index in [2.05, 4.69) is 164 Å². The van der Waals surface area contributed by atoms with Crippen molar-refractivity contribution in [3.63, 3.8) is 0 Å². The van der Waals surface area contributed by atoms with Gasteiger partial charge in [0.05, 0.1) is 0 Å². The Morgan fingerprint density at radius 1 is 0.465 bits per heavy atom. The molecule has 0 atom stereocenters. The van der Waals surface area contributed by atoms with Crippen LogP contribution in [0.4, 0.5) is 0 Å². The van der Waals surface area contributed by atoms with Gasteiger partial charge in [-0.1, -0.05) is 152 Å². The Morgan fingerprint density at radius 2 is 1.00 bits per heavy atom. The van der Waals surface area contributed by atoms with Crippen LogP contribution in [0, 0.1) is 0 Å². The third kappa shape index (κ3) is 4.31. The number of rotatable bonds is 5. The van der Waals surface area contributed by atoms with E-state index >= 15 is 0 Å². The van der Waals surface area contributed by atoms with Gasteiger partial charge in [0.15, 0.2) is 0 Å². The van der Waals surface area contributed by atoms with Crippen molar-refractivity contribution in [2.24, 2.45) is 0 Å². The van der Waals surface area contributed by atoms with Crippen LogP contribution in [0.3, 0.4) is 0 Å². The Morgan fingerprint density at radius 3 is 1.70 bits per heavy atom. The molecule has 0 saturated heterocycles. The van der Waals surface area contributed by atoms with E-state index in [1.54, 1.807) is 0 Å². The van der Waals surface area contributed by atoms with Crippen molar-refractivity contribution in [3.05, 3.63) is 175 Å². The molecule has 0 unspecified atom stereocenters. The molecule has 0 aliphatic carbocycles. The highest BCUT2D eigenvalue weighted by molar-refractivity contribution is 6.16. The molecule has 8 aromatic rings. The second-order valence-electron chi connectivity index (χ2n) is 11.3. The molecule has 43 heavy (non-hydrogen) atoms. The van der Waals surface area contributed by atoms with E-state index in [4.69, 9.17) is 0 Å². The van der Waals surface area contributed by atoms with Crippen molar-refractivity contribution in [1.82, 2.24) is 0 Å². The molecular weight excluding hydrogens is 516 g/mol. The van der Waals surface area contributed by atoms with Crippen molar-refractivity contribution in [3.8, 4) is 11.1 Å². The van der Waals surface area contributed by atoms with Crippen molar-refractivity contribution in [1.29, 1.82) is 0 Å². The van der Waals surface area contributed by atoms with Crippen LogP contribution in [0.5, 0.6) is 0 Å². The molecule has 0 N–H and O–H groups in total. The Bertz CT molecular complexity index is 2330. The Labute approximate surface area is 251 Å². The van der Waals surface area contributed by atoms with Gasteiger partial charge in [0, 0.05) is 0 Å². The minimum absolute atomic E-state index is 0.823. The molecule has 0 heteroatoms. The zero-order valence-corrected chi connectivity index (χ0v) is 23.9. The van der Waals surface area contributed by atoms with E-state index in [0.29, 0.717) is 0 Å². The molecule has 8 rings (SSSR count). The molecule has 0 aliphatic heterocycles. The highest BCUT2D eigenvalue weighted by Crippen LogP contribution is 2.40. The zero-order valence-electron chi connectivity index (χ0n) is 23.9. The predicted molar refractivity (Wildman–Crippen MR) is 188 cm³/mol. The lowest BCUT2D eigenvalue weighted by molar-refractivity contribution is 1.33. The number of hydrogen-bond donors (Lipinski definition) is 0. The number of benzene rings is 8. The van der Waals surface area contributed by atoms with Crippen LogP contribution in [0.25, 0.3) is 70.6 Å². The fraction of sp³-hybridized carbons (Fsp3) is 0.0233. The minimum atomic E-state index is 0.823. The third-order valence-electron chi connectivity index (χ3n) is 8.84. The quantitative estimate of drug-likeness (QED) is 0.114. The van der Waals surface area contributed by atoms with Crippen LogP contribution < -0.4 is 0 Å². The third-order valence-corrected chi connectivity index (χ3v) is 8.84. The van der Waals surface area contributed by atoms with Crippen molar-refractivity contribution >= 4 is 59.4 Å². The molecule has 0 amide bonds. The van der Waals surface area contributed by atoms with E-state index < -0.39 is 0 Å². The number of fused-ring (bicyclic) bond motifs is 6. The summed E-state index contributed by atoms with van der Waals surface area (Å²) in [5.74, 6) is 0. The maximum Gasteiger partial charge on any atom is -0.00264 e. The van der Waals surface area contributed by atoms with E-state index in [9.17, 15) is 0 Å². The summed E-state index contributed by atoms with van der Waals surface area (Å²) in [5.41, 5.74) is 6.12. The van der Waals surface area contributed by atoms with E-state index in [1.165, 1.54) is 76.1 Å². The predicted octanol–water partition coefficient (Wildman–Crippen LogP) is 11.9. The Kier molecular flexibility index (Phi) is 6.12. The van der Waals surface area contributed by atoms with Crippen molar-refractivity contribution in [2.45, 2.75) is 6.42 Å². The number of allylic oxidation sites excluding steroid dienone is 3. The van der Waals surface area contributed by atoms with Crippen molar-refractivity contribution in [2.75, 3.05) is 0 Å². The summed E-state index contributed by atoms with van der Waals surface area (Å²) in [5, 5.41) is 12.7. The van der Waals surface area contributed by atoms with Gasteiger partial charge in [0.2, 0.25) is 0 Å². The second-order valence-corrected chi connectivity index (χ2v) is 11.3. The van der Waals surface area contributed by atoms with Gasteiger partial charge >= 0.3 is 0 Å². The van der Waals surface area contributed by atoms with Gasteiger partial charge in [-0.3, -0.25) is 0 Å². The first-order valence-electron chi connectivity index (χ1n) is 14.9. The zero-order chi connectivity index (χ0) is 28.8. The lowest BCUT2D eigenvalue weighted by atomic mass is 9.86. The monoisotopic (exact) mass is 546 g/mol. The second kappa shape index (κ2) is 10.4. The summed E-state index contributed by atoms with van der Waals surface area (Å²) >= 11 is 0. The van der Waals surface area contributed by atoms with Gasteiger partial charge in [-0.05, 0) is 100 Å². The first kappa shape index (κ1) is 25.3. The lowest BCUT2D eigenvalue weighted by Crippen LogP contribution is -1.93. The van der Waals surface area contributed by atoms with Crippen molar-refractivity contribution < 1.29 is 0 Å². The summed E-state index contributed by atoms with van der Waals surface area (Å²) in [6, 6.07) is 52.8. The summed E-state index contributed by atoms with van der Waals surface area (Å²) in [7, 11) is 0. The lowest BCUT2D eigenvalue weighted by Gasteiger charge is -2.17. The fourth-order valence-corrected chi connectivity index (χ4v) is 6.82. The molecule has 0 heterocycles. The molecule has 0 nitrogen and oxygen atoms in total. The summed E-state index contributed by atoms with van der Waals surface area (Å²) < 4.78 is 0. The van der Waals surface area contributed by atoms with Crippen LogP contribution in [0.2, 0.25) is 0 Å². The minimum Gasteiger partial charge on any atom is -0.0911 e. The molecule has 0 fully saturated rings. The van der Waals surface area contributed by atoms with Gasteiger partial charge in [-0.15, -0.1) is 0 Å². The summed E-state index contributed by atoms with van der Waals surface area (Å²) in [6.45, 7) is 4.53. The molecule has 0 spiro atoms. The summed E-state index contributed by atoms with van der Waals surface area (Å²) in [4.78, 5) is 0. The molecular formula is C43H30. The molecule has 202 valence electrons. The molecule has 0 bridgehead atoms. The van der Waals surface area contributed by atoms with Crippen LogP contribution in [0.15, 0.2) is 164 Å². The molecule has 0 aromatic heterocycles. The highest BCUT2D eigenvalue weighted by Gasteiger charge is 2.15. The molecule has 8 aromatic carbocycles. The maximum absolute atomic E-state index is 4.53. The molecule has 0 radical (unpaired) electrons. The summed E-state index contributed by atoms with van der Waals surface area (Å²) in [6.07, 6.45) is 5.32. The van der Waals surface area contributed by atoms with Crippen LogP contribution in [0.1, 0.15) is 11.1 Å². The average Bonchev–Trinajstić information content (AvgIpc) is 3.07. The van der Waals surface area contributed by atoms with Gasteiger partial charge < -0.3 is 0 Å². The van der Waals surface area contributed by atoms with Crippen LogP contribution >= 0.6 is 0 Å². The van der Waals surface area contributed by atoms with Crippen LogP contribution in [-0.2, 0) is 6.42 Å². The molecule has 0 aliphatic rings. The largest absolute Gasteiger partial charge is 0.0911 e. The first-order chi connectivity index (χ1) is 21.3. The van der Waals surface area contributed by atoms with E-state index in [-0.39, 0.29) is 0 Å². The SMILES string of the molecule is C=C(/C=C\Cc1c2ccccc2c(-c2ccc3ccccc3c2)c2ccccc12)c1cc2ccccc2c2ccccc12. The number of hydrogen-bond acceptors (Lipinski definition) is 0. The van der Waals surface area contributed by atoms with Gasteiger partial charge in [-0.2, -0.15) is 0 Å². The topological polar surface area (TPSA) is 0 Å².